The summed E-state index contributed by atoms with van der Waals surface area (Å²) in [5, 5.41) is 4.13. The minimum atomic E-state index is 0.221. The molecule has 17 heavy (non-hydrogen) atoms. The summed E-state index contributed by atoms with van der Waals surface area (Å²) in [5.41, 5.74) is 1.08. The van der Waals surface area contributed by atoms with Crippen LogP contribution in [0.1, 0.15) is 25.8 Å². The number of amides is 1. The number of carbonyl (C=O) groups excluding carboxylic acids is 1. The number of nitrogens with zero attached hydrogens (tertiary/aromatic N) is 3. The van der Waals surface area contributed by atoms with Crippen LogP contribution in [0.4, 0.5) is 0 Å². The van der Waals surface area contributed by atoms with E-state index in [1.807, 2.05) is 44.4 Å². The predicted octanol–water partition coefficient (Wildman–Crippen LogP) is 1.91. The molecule has 0 atom stereocenters. The van der Waals surface area contributed by atoms with E-state index < -0.39 is 0 Å². The second-order valence-corrected chi connectivity index (χ2v) is 5.37. The molecule has 0 N–H and O–H groups in total. The second-order valence-electron chi connectivity index (χ2n) is 4.38. The SMILES string of the molecule is CSCCC(=O)N(Cc1cnn(C)c1)C(C)C. The molecule has 5 heteroatoms. The van der Waals surface area contributed by atoms with Gasteiger partial charge in [-0.3, -0.25) is 9.48 Å². The van der Waals surface area contributed by atoms with Crippen LogP contribution in [0.2, 0.25) is 0 Å². The number of aromatic nitrogens is 2. The predicted molar refractivity (Wildman–Crippen MR) is 71.9 cm³/mol. The van der Waals surface area contributed by atoms with Gasteiger partial charge in [-0.2, -0.15) is 16.9 Å². The molecule has 1 aromatic rings. The molecule has 96 valence electrons. The number of carbonyl (C=O) groups is 1. The van der Waals surface area contributed by atoms with Gasteiger partial charge in [0.15, 0.2) is 0 Å². The van der Waals surface area contributed by atoms with Gasteiger partial charge in [0.2, 0.25) is 5.91 Å². The van der Waals surface area contributed by atoms with E-state index in [-0.39, 0.29) is 11.9 Å². The lowest BCUT2D eigenvalue weighted by Gasteiger charge is -2.26. The Bertz CT molecular complexity index is 362. The normalized spacial score (nSPS) is 10.9. The summed E-state index contributed by atoms with van der Waals surface area (Å²) in [5.74, 6) is 1.10. The van der Waals surface area contributed by atoms with Crippen LogP contribution in [0.5, 0.6) is 0 Å². The Balaban J connectivity index is 2.63. The maximum atomic E-state index is 12.0. The highest BCUT2D eigenvalue weighted by Gasteiger charge is 2.17. The number of hydrogen-bond acceptors (Lipinski definition) is 3. The van der Waals surface area contributed by atoms with E-state index in [2.05, 4.69) is 5.10 Å². The standard InChI is InChI=1S/C12H21N3OS/c1-10(2)15(12(16)5-6-17-4)9-11-7-13-14(3)8-11/h7-8,10H,5-6,9H2,1-4H3. The lowest BCUT2D eigenvalue weighted by atomic mass is 10.2. The average molecular weight is 255 g/mol. The Kier molecular flexibility index (Phi) is 5.55. The molecule has 0 radical (unpaired) electrons. The molecule has 1 aromatic heterocycles. The van der Waals surface area contributed by atoms with E-state index in [0.717, 1.165) is 11.3 Å². The molecule has 0 aliphatic rings. The first-order valence-electron chi connectivity index (χ1n) is 5.80. The monoisotopic (exact) mass is 255 g/mol. The van der Waals surface area contributed by atoms with Crippen molar-refractivity contribution in [3.05, 3.63) is 18.0 Å². The van der Waals surface area contributed by atoms with Crippen molar-refractivity contribution in [2.45, 2.75) is 32.9 Å². The van der Waals surface area contributed by atoms with Gasteiger partial charge >= 0.3 is 0 Å². The van der Waals surface area contributed by atoms with E-state index in [1.54, 1.807) is 16.4 Å². The highest BCUT2D eigenvalue weighted by Crippen LogP contribution is 2.10. The van der Waals surface area contributed by atoms with Crippen molar-refractivity contribution in [1.29, 1.82) is 0 Å². The topological polar surface area (TPSA) is 38.1 Å². The molecule has 1 amide bonds. The Labute approximate surface area is 107 Å². The van der Waals surface area contributed by atoms with E-state index in [1.165, 1.54) is 0 Å². The Morgan fingerprint density at radius 2 is 2.29 bits per heavy atom. The van der Waals surface area contributed by atoms with Crippen LogP contribution in [0.25, 0.3) is 0 Å². The first kappa shape index (κ1) is 14.1. The third-order valence-electron chi connectivity index (χ3n) is 2.58. The van der Waals surface area contributed by atoms with Gasteiger partial charge in [0.1, 0.15) is 0 Å². The van der Waals surface area contributed by atoms with Crippen LogP contribution in [-0.4, -0.2) is 38.6 Å². The van der Waals surface area contributed by atoms with Gasteiger partial charge in [0.25, 0.3) is 0 Å². The first-order chi connectivity index (χ1) is 8.04. The Morgan fingerprint density at radius 3 is 2.76 bits per heavy atom. The van der Waals surface area contributed by atoms with Gasteiger partial charge in [0, 0.05) is 43.6 Å². The highest BCUT2D eigenvalue weighted by atomic mass is 32.2. The molecule has 1 rings (SSSR count). The molecule has 0 aromatic carbocycles. The van der Waals surface area contributed by atoms with Crippen molar-refractivity contribution >= 4 is 17.7 Å². The zero-order chi connectivity index (χ0) is 12.8. The third-order valence-corrected chi connectivity index (χ3v) is 3.19. The van der Waals surface area contributed by atoms with Gasteiger partial charge < -0.3 is 4.90 Å². The molecule has 1 heterocycles. The van der Waals surface area contributed by atoms with Crippen molar-refractivity contribution in [3.63, 3.8) is 0 Å². The van der Waals surface area contributed by atoms with E-state index in [4.69, 9.17) is 0 Å². The van der Waals surface area contributed by atoms with Crippen LogP contribution >= 0.6 is 11.8 Å². The van der Waals surface area contributed by atoms with Crippen LogP contribution < -0.4 is 0 Å². The molecular weight excluding hydrogens is 234 g/mol. The molecule has 0 aliphatic carbocycles. The number of hydrogen-bond donors (Lipinski definition) is 0. The van der Waals surface area contributed by atoms with Gasteiger partial charge in [-0.1, -0.05) is 0 Å². The molecule has 0 spiro atoms. The number of thioether (sulfide) groups is 1. The maximum Gasteiger partial charge on any atom is 0.223 e. The summed E-state index contributed by atoms with van der Waals surface area (Å²) in [6.45, 7) is 4.75. The highest BCUT2D eigenvalue weighted by molar-refractivity contribution is 7.98. The first-order valence-corrected chi connectivity index (χ1v) is 7.20. The lowest BCUT2D eigenvalue weighted by Crippen LogP contribution is -2.36. The van der Waals surface area contributed by atoms with Crippen molar-refractivity contribution in [1.82, 2.24) is 14.7 Å². The zero-order valence-electron chi connectivity index (χ0n) is 11.0. The number of aryl methyl sites for hydroxylation is 1. The molecule has 4 nitrogen and oxygen atoms in total. The Morgan fingerprint density at radius 1 is 1.59 bits per heavy atom. The maximum absolute atomic E-state index is 12.0. The van der Waals surface area contributed by atoms with Crippen molar-refractivity contribution < 1.29 is 4.79 Å². The van der Waals surface area contributed by atoms with E-state index in [9.17, 15) is 4.79 Å². The minimum Gasteiger partial charge on any atom is -0.336 e. The van der Waals surface area contributed by atoms with Gasteiger partial charge in [-0.05, 0) is 20.1 Å². The fourth-order valence-corrected chi connectivity index (χ4v) is 2.02. The quantitative estimate of drug-likeness (QED) is 0.779. The van der Waals surface area contributed by atoms with Crippen LogP contribution in [0.15, 0.2) is 12.4 Å². The third kappa shape index (κ3) is 4.42. The summed E-state index contributed by atoms with van der Waals surface area (Å²) in [6.07, 6.45) is 6.40. The lowest BCUT2D eigenvalue weighted by molar-refractivity contribution is -0.133. The van der Waals surface area contributed by atoms with Gasteiger partial charge in [0.05, 0.1) is 6.20 Å². The number of rotatable bonds is 6. The summed E-state index contributed by atoms with van der Waals surface area (Å²) < 4.78 is 1.76. The molecular formula is C12H21N3OS. The molecule has 0 unspecified atom stereocenters. The summed E-state index contributed by atoms with van der Waals surface area (Å²) in [6, 6.07) is 0.226. The summed E-state index contributed by atoms with van der Waals surface area (Å²) in [4.78, 5) is 14.0. The summed E-state index contributed by atoms with van der Waals surface area (Å²) in [7, 11) is 1.89. The van der Waals surface area contributed by atoms with E-state index >= 15 is 0 Å². The van der Waals surface area contributed by atoms with Crippen LogP contribution in [-0.2, 0) is 18.4 Å². The largest absolute Gasteiger partial charge is 0.336 e. The Hall–Kier alpha value is -0.970. The molecule has 0 bridgehead atoms. The van der Waals surface area contributed by atoms with Crippen molar-refractivity contribution in [2.24, 2.45) is 7.05 Å². The zero-order valence-corrected chi connectivity index (χ0v) is 11.8. The van der Waals surface area contributed by atoms with Gasteiger partial charge in [-0.15, -0.1) is 0 Å². The summed E-state index contributed by atoms with van der Waals surface area (Å²) >= 11 is 1.71. The fourth-order valence-electron chi connectivity index (χ4n) is 1.64. The average Bonchev–Trinajstić information content (AvgIpc) is 2.68. The van der Waals surface area contributed by atoms with Crippen LogP contribution in [0, 0.1) is 0 Å². The molecule has 0 saturated carbocycles. The van der Waals surface area contributed by atoms with E-state index in [0.29, 0.717) is 13.0 Å². The molecule has 0 fully saturated rings. The molecule has 0 saturated heterocycles. The van der Waals surface area contributed by atoms with Crippen molar-refractivity contribution in [2.75, 3.05) is 12.0 Å². The second kappa shape index (κ2) is 6.69. The van der Waals surface area contributed by atoms with Gasteiger partial charge in [-0.25, -0.2) is 0 Å². The molecule has 0 aliphatic heterocycles. The minimum absolute atomic E-state index is 0.221. The fraction of sp³-hybridized carbons (Fsp3) is 0.667. The van der Waals surface area contributed by atoms with Crippen LogP contribution in [0.3, 0.4) is 0 Å². The smallest absolute Gasteiger partial charge is 0.223 e. The van der Waals surface area contributed by atoms with Crippen molar-refractivity contribution in [3.8, 4) is 0 Å².